The summed E-state index contributed by atoms with van der Waals surface area (Å²) < 4.78 is 10.4. The number of benzene rings is 1. The Morgan fingerprint density at radius 2 is 1.67 bits per heavy atom. The molecule has 0 aliphatic heterocycles. The fourth-order valence-corrected chi connectivity index (χ4v) is 3.09. The zero-order valence-electron chi connectivity index (χ0n) is 13.3. The number of phenols is 1. The number of nitrogens with one attached hydrogen (secondary N) is 1. The maximum absolute atomic E-state index is 9.92. The van der Waals surface area contributed by atoms with Crippen molar-refractivity contribution in [2.24, 2.45) is 5.92 Å². The summed E-state index contributed by atoms with van der Waals surface area (Å²) in [5, 5.41) is 13.5. The Morgan fingerprint density at radius 1 is 1.10 bits per heavy atom. The first-order valence-electron chi connectivity index (χ1n) is 7.85. The molecule has 1 aromatic carbocycles. The smallest absolute Gasteiger partial charge is 0.200 e. The minimum atomic E-state index is 0.0622. The van der Waals surface area contributed by atoms with Crippen LogP contribution in [0.5, 0.6) is 17.2 Å². The van der Waals surface area contributed by atoms with E-state index in [0.29, 0.717) is 17.5 Å². The van der Waals surface area contributed by atoms with Gasteiger partial charge in [0.1, 0.15) is 0 Å². The maximum atomic E-state index is 9.92. The molecule has 1 aliphatic rings. The van der Waals surface area contributed by atoms with E-state index < -0.39 is 0 Å². The van der Waals surface area contributed by atoms with Gasteiger partial charge < -0.3 is 19.9 Å². The molecule has 1 aliphatic carbocycles. The Kier molecular flexibility index (Phi) is 5.74. The topological polar surface area (TPSA) is 50.7 Å². The number of phenolic OH excluding ortho intramolecular Hbond substituents is 1. The molecule has 21 heavy (non-hydrogen) atoms. The Hall–Kier alpha value is -1.42. The molecule has 1 fully saturated rings. The van der Waals surface area contributed by atoms with Crippen molar-refractivity contribution in [3.8, 4) is 17.2 Å². The molecule has 0 spiro atoms. The third-order valence-corrected chi connectivity index (χ3v) is 4.56. The number of aromatic hydroxyl groups is 1. The van der Waals surface area contributed by atoms with E-state index in [1.165, 1.54) is 32.1 Å². The van der Waals surface area contributed by atoms with Crippen molar-refractivity contribution < 1.29 is 14.6 Å². The van der Waals surface area contributed by atoms with Gasteiger partial charge in [0.05, 0.1) is 14.2 Å². The first kappa shape index (κ1) is 16.0. The van der Waals surface area contributed by atoms with Crippen LogP contribution < -0.4 is 14.8 Å². The first-order valence-corrected chi connectivity index (χ1v) is 7.85. The summed E-state index contributed by atoms with van der Waals surface area (Å²) in [7, 11) is 3.11. The van der Waals surface area contributed by atoms with Crippen LogP contribution in [0.1, 0.15) is 44.6 Å². The molecule has 4 nitrogen and oxygen atoms in total. The van der Waals surface area contributed by atoms with E-state index in [1.807, 2.05) is 12.1 Å². The Labute approximate surface area is 127 Å². The lowest BCUT2D eigenvalue weighted by Crippen LogP contribution is -2.32. The molecule has 0 unspecified atom stereocenters. The molecule has 0 aromatic heterocycles. The van der Waals surface area contributed by atoms with Gasteiger partial charge in [0.15, 0.2) is 11.5 Å². The number of hydrogen-bond donors (Lipinski definition) is 2. The largest absolute Gasteiger partial charge is 0.502 e. The van der Waals surface area contributed by atoms with Gasteiger partial charge in [-0.25, -0.2) is 0 Å². The van der Waals surface area contributed by atoms with E-state index in [4.69, 9.17) is 9.47 Å². The number of ether oxygens (including phenoxy) is 2. The third kappa shape index (κ3) is 4.03. The van der Waals surface area contributed by atoms with Crippen LogP contribution in [0.4, 0.5) is 0 Å². The van der Waals surface area contributed by atoms with Crippen molar-refractivity contribution in [3.63, 3.8) is 0 Å². The summed E-state index contributed by atoms with van der Waals surface area (Å²) in [4.78, 5) is 0. The summed E-state index contributed by atoms with van der Waals surface area (Å²) in [6.07, 6.45) is 6.47. The van der Waals surface area contributed by atoms with Crippen molar-refractivity contribution in [1.29, 1.82) is 0 Å². The SMILES string of the molecule is CCC1CCC(NCc2cc(OC)c(O)c(OC)c2)CC1. The molecular formula is C17H27NO3. The zero-order valence-corrected chi connectivity index (χ0v) is 13.3. The molecule has 2 N–H and O–H groups in total. The Morgan fingerprint density at radius 3 is 2.14 bits per heavy atom. The first-order chi connectivity index (χ1) is 10.2. The van der Waals surface area contributed by atoms with E-state index in [1.54, 1.807) is 14.2 Å². The zero-order chi connectivity index (χ0) is 15.2. The van der Waals surface area contributed by atoms with Crippen LogP contribution in [-0.4, -0.2) is 25.4 Å². The number of hydrogen-bond acceptors (Lipinski definition) is 4. The molecular weight excluding hydrogens is 266 g/mol. The lowest BCUT2D eigenvalue weighted by Gasteiger charge is -2.28. The second-order valence-electron chi connectivity index (χ2n) is 5.86. The van der Waals surface area contributed by atoms with Crippen molar-refractivity contribution in [2.45, 2.75) is 51.6 Å². The van der Waals surface area contributed by atoms with Crippen LogP contribution in [0, 0.1) is 5.92 Å². The molecule has 0 radical (unpaired) electrons. The molecule has 1 aromatic rings. The third-order valence-electron chi connectivity index (χ3n) is 4.56. The summed E-state index contributed by atoms with van der Waals surface area (Å²) in [6, 6.07) is 4.32. The van der Waals surface area contributed by atoms with Gasteiger partial charge in [-0.1, -0.05) is 13.3 Å². The minimum absolute atomic E-state index is 0.0622. The second-order valence-corrected chi connectivity index (χ2v) is 5.86. The highest BCUT2D eigenvalue weighted by Crippen LogP contribution is 2.37. The van der Waals surface area contributed by atoms with Crippen LogP contribution in [0.15, 0.2) is 12.1 Å². The van der Waals surface area contributed by atoms with Gasteiger partial charge in [-0.3, -0.25) is 0 Å². The van der Waals surface area contributed by atoms with E-state index in [-0.39, 0.29) is 5.75 Å². The lowest BCUT2D eigenvalue weighted by atomic mass is 9.84. The molecule has 0 saturated heterocycles. The quantitative estimate of drug-likeness (QED) is 0.843. The molecule has 2 rings (SSSR count). The van der Waals surface area contributed by atoms with Crippen LogP contribution in [0.3, 0.4) is 0 Å². The summed E-state index contributed by atoms with van der Waals surface area (Å²) in [5.74, 6) is 1.89. The van der Waals surface area contributed by atoms with Gasteiger partial charge in [0, 0.05) is 12.6 Å². The average Bonchev–Trinajstić information content (AvgIpc) is 2.54. The summed E-state index contributed by atoms with van der Waals surface area (Å²) in [5.41, 5.74) is 1.07. The fourth-order valence-electron chi connectivity index (χ4n) is 3.09. The van der Waals surface area contributed by atoms with E-state index in [0.717, 1.165) is 18.0 Å². The van der Waals surface area contributed by atoms with Gasteiger partial charge in [-0.05, 0) is 49.3 Å². The van der Waals surface area contributed by atoms with Gasteiger partial charge in [0.25, 0.3) is 0 Å². The predicted octanol–water partition coefficient (Wildman–Crippen LogP) is 3.47. The molecule has 1 saturated carbocycles. The molecule has 0 atom stereocenters. The molecule has 4 heteroatoms. The van der Waals surface area contributed by atoms with Crippen molar-refractivity contribution in [2.75, 3.05) is 14.2 Å². The summed E-state index contributed by atoms with van der Waals surface area (Å²) in [6.45, 7) is 3.06. The lowest BCUT2D eigenvalue weighted by molar-refractivity contribution is 0.285. The van der Waals surface area contributed by atoms with Gasteiger partial charge >= 0.3 is 0 Å². The minimum Gasteiger partial charge on any atom is -0.502 e. The summed E-state index contributed by atoms with van der Waals surface area (Å²) >= 11 is 0. The van der Waals surface area contributed by atoms with Crippen molar-refractivity contribution in [1.82, 2.24) is 5.32 Å². The molecule has 0 bridgehead atoms. The van der Waals surface area contributed by atoms with Crippen LogP contribution >= 0.6 is 0 Å². The standard InChI is InChI=1S/C17H27NO3/c1-4-12-5-7-14(8-6-12)18-11-13-9-15(20-2)17(19)16(10-13)21-3/h9-10,12,14,18-19H,4-8,11H2,1-3H3. The number of methoxy groups -OCH3 is 2. The molecule has 118 valence electrons. The normalized spacial score (nSPS) is 22.0. The highest BCUT2D eigenvalue weighted by atomic mass is 16.5. The Bertz CT molecular complexity index is 428. The van der Waals surface area contributed by atoms with Gasteiger partial charge in [0.2, 0.25) is 5.75 Å². The van der Waals surface area contributed by atoms with E-state index in [9.17, 15) is 5.11 Å². The van der Waals surface area contributed by atoms with Crippen LogP contribution in [0.2, 0.25) is 0 Å². The Balaban J connectivity index is 1.94. The fraction of sp³-hybridized carbons (Fsp3) is 0.647. The van der Waals surface area contributed by atoms with Crippen molar-refractivity contribution in [3.05, 3.63) is 17.7 Å². The van der Waals surface area contributed by atoms with Crippen LogP contribution in [0.25, 0.3) is 0 Å². The second kappa shape index (κ2) is 7.55. The highest BCUT2D eigenvalue weighted by Gasteiger charge is 2.19. The molecule has 0 heterocycles. The highest BCUT2D eigenvalue weighted by molar-refractivity contribution is 5.52. The molecule has 0 amide bonds. The van der Waals surface area contributed by atoms with E-state index >= 15 is 0 Å². The van der Waals surface area contributed by atoms with Gasteiger partial charge in [-0.2, -0.15) is 0 Å². The average molecular weight is 293 g/mol. The van der Waals surface area contributed by atoms with Crippen LogP contribution in [-0.2, 0) is 6.54 Å². The number of rotatable bonds is 6. The van der Waals surface area contributed by atoms with Gasteiger partial charge in [-0.15, -0.1) is 0 Å². The predicted molar refractivity (Wildman–Crippen MR) is 84.1 cm³/mol. The monoisotopic (exact) mass is 293 g/mol. The maximum Gasteiger partial charge on any atom is 0.200 e. The van der Waals surface area contributed by atoms with E-state index in [2.05, 4.69) is 12.2 Å². The van der Waals surface area contributed by atoms with Crippen molar-refractivity contribution >= 4 is 0 Å².